The number of thiophene rings is 1. The van der Waals surface area contributed by atoms with E-state index in [0.717, 1.165) is 4.88 Å². The number of rotatable bonds is 3. The summed E-state index contributed by atoms with van der Waals surface area (Å²) in [6.07, 6.45) is 3.22. The minimum atomic E-state index is -0.947. The Labute approximate surface area is 119 Å². The zero-order valence-electron chi connectivity index (χ0n) is 10.6. The first-order valence-corrected chi connectivity index (χ1v) is 7.40. The minimum absolute atomic E-state index is 0.0994. The molecule has 4 rings (SSSR count). The summed E-state index contributed by atoms with van der Waals surface area (Å²) in [5, 5.41) is 11.3. The molecule has 6 heteroatoms. The lowest BCUT2D eigenvalue weighted by Gasteiger charge is -2.21. The van der Waals surface area contributed by atoms with Crippen LogP contribution in [0.4, 0.5) is 0 Å². The number of carbonyl (C=O) groups excluding carboxylic acids is 1. The number of carbonyl (C=O) groups is 2. The smallest absolute Gasteiger partial charge is 0.310 e. The van der Waals surface area contributed by atoms with Crippen molar-refractivity contribution < 1.29 is 19.4 Å². The van der Waals surface area contributed by atoms with Gasteiger partial charge in [0.2, 0.25) is 5.91 Å². The summed E-state index contributed by atoms with van der Waals surface area (Å²) in [4.78, 5) is 26.8. The third-order valence-corrected chi connectivity index (χ3v) is 5.25. The fourth-order valence-electron chi connectivity index (χ4n) is 3.58. The molecule has 5 nitrogen and oxygen atoms in total. The Bertz CT molecular complexity index is 611. The van der Waals surface area contributed by atoms with E-state index in [4.69, 9.17) is 4.74 Å². The van der Waals surface area contributed by atoms with Gasteiger partial charge in [-0.2, -0.15) is 0 Å². The van der Waals surface area contributed by atoms with Gasteiger partial charge in [0.1, 0.15) is 11.5 Å². The van der Waals surface area contributed by atoms with Gasteiger partial charge in [0, 0.05) is 4.88 Å². The van der Waals surface area contributed by atoms with Crippen LogP contribution in [0.2, 0.25) is 0 Å². The highest BCUT2D eigenvalue weighted by Crippen LogP contribution is 2.52. The number of carboxylic acid groups (broad SMARTS) is 1. The Morgan fingerprint density at radius 1 is 1.60 bits per heavy atom. The van der Waals surface area contributed by atoms with Crippen LogP contribution >= 0.6 is 11.3 Å². The molecule has 4 heterocycles. The Morgan fingerprint density at radius 2 is 2.45 bits per heavy atom. The van der Waals surface area contributed by atoms with E-state index in [9.17, 15) is 14.7 Å². The predicted octanol–water partition coefficient (Wildman–Crippen LogP) is 1.11. The molecule has 2 fully saturated rings. The van der Waals surface area contributed by atoms with E-state index < -0.39 is 29.5 Å². The molecule has 1 amide bonds. The third-order valence-electron chi connectivity index (χ3n) is 4.39. The number of ether oxygens (including phenoxy) is 1. The molecule has 1 aromatic heterocycles. The molecular weight excluding hydrogens is 278 g/mol. The van der Waals surface area contributed by atoms with Gasteiger partial charge < -0.3 is 14.7 Å². The van der Waals surface area contributed by atoms with Gasteiger partial charge in [-0.15, -0.1) is 11.3 Å². The Kier molecular flexibility index (Phi) is 2.38. The molecular formula is C14H13NO4S. The quantitative estimate of drug-likeness (QED) is 0.847. The van der Waals surface area contributed by atoms with Crippen LogP contribution in [0, 0.1) is 11.8 Å². The Balaban J connectivity index is 1.65. The van der Waals surface area contributed by atoms with Crippen LogP contribution in [0.15, 0.2) is 29.7 Å². The monoisotopic (exact) mass is 291 g/mol. The van der Waals surface area contributed by atoms with E-state index in [2.05, 4.69) is 0 Å². The summed E-state index contributed by atoms with van der Waals surface area (Å²) in [5.41, 5.74) is -0.720. The zero-order valence-corrected chi connectivity index (χ0v) is 11.4. The first-order chi connectivity index (χ1) is 9.61. The van der Waals surface area contributed by atoms with Gasteiger partial charge in [-0.1, -0.05) is 18.2 Å². The number of fused-ring (bicyclic) bond motifs is 1. The van der Waals surface area contributed by atoms with E-state index in [0.29, 0.717) is 13.1 Å². The molecule has 1 spiro atoms. The van der Waals surface area contributed by atoms with Crippen molar-refractivity contribution in [2.75, 3.05) is 6.54 Å². The molecule has 1 N–H and O–H groups in total. The molecule has 0 unspecified atom stereocenters. The van der Waals surface area contributed by atoms with Gasteiger partial charge >= 0.3 is 5.97 Å². The topological polar surface area (TPSA) is 66.8 Å². The maximum atomic E-state index is 12.6. The molecule has 1 aromatic rings. The Hall–Kier alpha value is -1.66. The number of nitrogens with zero attached hydrogens (tertiary/aromatic N) is 1. The number of hydrogen-bond acceptors (Lipinski definition) is 4. The number of amides is 1. The van der Waals surface area contributed by atoms with Crippen LogP contribution in [0.3, 0.4) is 0 Å². The molecule has 4 atom stereocenters. The van der Waals surface area contributed by atoms with Crippen LogP contribution in [0.25, 0.3) is 0 Å². The second kappa shape index (κ2) is 3.93. The highest BCUT2D eigenvalue weighted by Gasteiger charge is 2.66. The van der Waals surface area contributed by atoms with Crippen LogP contribution in [0.5, 0.6) is 0 Å². The Morgan fingerprint density at radius 3 is 3.15 bits per heavy atom. The summed E-state index contributed by atoms with van der Waals surface area (Å²) < 4.78 is 5.83. The zero-order chi connectivity index (χ0) is 13.9. The van der Waals surface area contributed by atoms with Crippen molar-refractivity contribution in [1.82, 2.24) is 4.90 Å². The van der Waals surface area contributed by atoms with Gasteiger partial charge in [-0.05, 0) is 11.4 Å². The summed E-state index contributed by atoms with van der Waals surface area (Å²) in [6, 6.07) is 3.92. The van der Waals surface area contributed by atoms with Gasteiger partial charge in [0.15, 0.2) is 0 Å². The molecule has 2 bridgehead atoms. The molecule has 0 aromatic carbocycles. The van der Waals surface area contributed by atoms with Crippen LogP contribution in [-0.2, 0) is 20.9 Å². The molecule has 0 aliphatic carbocycles. The van der Waals surface area contributed by atoms with Gasteiger partial charge in [0.25, 0.3) is 0 Å². The predicted molar refractivity (Wildman–Crippen MR) is 71.1 cm³/mol. The molecule has 20 heavy (non-hydrogen) atoms. The summed E-state index contributed by atoms with van der Waals surface area (Å²) in [7, 11) is 0. The fourth-order valence-corrected chi connectivity index (χ4v) is 4.30. The van der Waals surface area contributed by atoms with Gasteiger partial charge in [-0.25, -0.2) is 0 Å². The van der Waals surface area contributed by atoms with E-state index >= 15 is 0 Å². The second-order valence-corrected chi connectivity index (χ2v) is 6.54. The largest absolute Gasteiger partial charge is 0.481 e. The van der Waals surface area contributed by atoms with E-state index in [1.54, 1.807) is 22.3 Å². The lowest BCUT2D eigenvalue weighted by atomic mass is 9.77. The maximum absolute atomic E-state index is 12.6. The third kappa shape index (κ3) is 1.46. The fraction of sp³-hybridized carbons (Fsp3) is 0.429. The standard InChI is InChI=1S/C14H13NO4S/c16-12-11-10(13(17)18)9-3-4-14(11,19-9)7-15(12)6-8-2-1-5-20-8/h1-5,9-11H,6-7H2,(H,17,18)/t9-,10-,11+,14+/m0/s1. The second-order valence-electron chi connectivity index (χ2n) is 5.51. The summed E-state index contributed by atoms with van der Waals surface area (Å²) in [6.45, 7) is 0.980. The van der Waals surface area contributed by atoms with Crippen molar-refractivity contribution in [3.8, 4) is 0 Å². The van der Waals surface area contributed by atoms with E-state index in [1.807, 2.05) is 23.6 Å². The molecule has 0 radical (unpaired) electrons. The van der Waals surface area contributed by atoms with Crippen molar-refractivity contribution >= 4 is 23.2 Å². The van der Waals surface area contributed by atoms with Crippen LogP contribution < -0.4 is 0 Å². The SMILES string of the molecule is O=C(O)[C@H]1[C@@H]2C=C[C@]3(CN(Cc4cccs4)C(=O)[C@@H]13)O2. The maximum Gasteiger partial charge on any atom is 0.310 e. The summed E-state index contributed by atoms with van der Waals surface area (Å²) in [5.74, 6) is -2.37. The van der Waals surface area contributed by atoms with Crippen LogP contribution in [0.1, 0.15) is 4.88 Å². The lowest BCUT2D eigenvalue weighted by Crippen LogP contribution is -2.39. The first kappa shape index (κ1) is 12.1. The number of carboxylic acids is 1. The van der Waals surface area contributed by atoms with E-state index in [-0.39, 0.29) is 5.91 Å². The average molecular weight is 291 g/mol. The normalized spacial score (nSPS) is 37.7. The van der Waals surface area contributed by atoms with E-state index in [1.165, 1.54) is 0 Å². The minimum Gasteiger partial charge on any atom is -0.481 e. The molecule has 104 valence electrons. The molecule has 3 aliphatic heterocycles. The highest BCUT2D eigenvalue weighted by atomic mass is 32.1. The van der Waals surface area contributed by atoms with Crippen molar-refractivity contribution in [1.29, 1.82) is 0 Å². The first-order valence-electron chi connectivity index (χ1n) is 6.52. The van der Waals surface area contributed by atoms with Crippen molar-refractivity contribution in [2.24, 2.45) is 11.8 Å². The van der Waals surface area contributed by atoms with Gasteiger partial charge in [-0.3, -0.25) is 9.59 Å². The summed E-state index contributed by atoms with van der Waals surface area (Å²) >= 11 is 1.59. The van der Waals surface area contributed by atoms with Crippen molar-refractivity contribution in [2.45, 2.75) is 18.2 Å². The number of hydrogen-bond donors (Lipinski definition) is 1. The number of aliphatic carboxylic acids is 1. The molecule has 2 saturated heterocycles. The van der Waals surface area contributed by atoms with Gasteiger partial charge in [0.05, 0.1) is 25.1 Å². The van der Waals surface area contributed by atoms with Crippen molar-refractivity contribution in [3.05, 3.63) is 34.5 Å². The molecule has 3 aliphatic rings. The highest BCUT2D eigenvalue weighted by molar-refractivity contribution is 7.09. The number of likely N-dealkylation sites (tertiary alicyclic amines) is 1. The average Bonchev–Trinajstić information content (AvgIpc) is 3.12. The van der Waals surface area contributed by atoms with Crippen molar-refractivity contribution in [3.63, 3.8) is 0 Å². The molecule has 0 saturated carbocycles. The lowest BCUT2D eigenvalue weighted by molar-refractivity contribution is -0.148. The van der Waals surface area contributed by atoms with Crippen LogP contribution in [-0.4, -0.2) is 40.1 Å².